The summed E-state index contributed by atoms with van der Waals surface area (Å²) < 4.78 is 13.7. The summed E-state index contributed by atoms with van der Waals surface area (Å²) in [4.78, 5) is 29.4. The van der Waals surface area contributed by atoms with Crippen molar-refractivity contribution in [2.75, 3.05) is 23.3 Å². The Kier molecular flexibility index (Phi) is 6.94. The molecule has 1 heterocycles. The number of nitrogens with one attached hydrogen (secondary N) is 1. The Morgan fingerprint density at radius 3 is 2.64 bits per heavy atom. The Morgan fingerprint density at radius 1 is 1.06 bits per heavy atom. The molecule has 3 aromatic carbocycles. The summed E-state index contributed by atoms with van der Waals surface area (Å²) in [5.74, 6) is -0.543. The van der Waals surface area contributed by atoms with Crippen LogP contribution in [0.25, 0.3) is 0 Å². The van der Waals surface area contributed by atoms with E-state index in [2.05, 4.69) is 5.32 Å². The number of anilines is 2. The van der Waals surface area contributed by atoms with Gasteiger partial charge in [0.1, 0.15) is 5.82 Å². The first-order valence-electron chi connectivity index (χ1n) is 10.9. The molecule has 1 aliphatic rings. The second kappa shape index (κ2) is 10.0. The highest BCUT2D eigenvalue weighted by Crippen LogP contribution is 2.31. The van der Waals surface area contributed by atoms with Crippen molar-refractivity contribution in [1.82, 2.24) is 4.90 Å². The lowest BCUT2D eigenvalue weighted by Gasteiger charge is -2.36. The van der Waals surface area contributed by atoms with Crippen LogP contribution in [0, 0.1) is 12.7 Å². The number of rotatable bonds is 6. The Bertz CT molecular complexity index is 1170. The van der Waals surface area contributed by atoms with Gasteiger partial charge in [-0.3, -0.25) is 9.69 Å². The zero-order chi connectivity index (χ0) is 23.4. The van der Waals surface area contributed by atoms with Crippen molar-refractivity contribution in [3.05, 3.63) is 94.3 Å². The van der Waals surface area contributed by atoms with Gasteiger partial charge in [0.15, 0.2) is 0 Å². The zero-order valence-electron chi connectivity index (χ0n) is 18.4. The maximum atomic E-state index is 13.7. The minimum absolute atomic E-state index is 0.152. The highest BCUT2D eigenvalue weighted by atomic mass is 35.5. The van der Waals surface area contributed by atoms with Crippen molar-refractivity contribution in [3.8, 4) is 0 Å². The maximum Gasteiger partial charge on any atom is 0.324 e. The molecule has 3 amide bonds. The van der Waals surface area contributed by atoms with Crippen LogP contribution >= 0.6 is 11.6 Å². The monoisotopic (exact) mass is 465 g/mol. The van der Waals surface area contributed by atoms with Crippen molar-refractivity contribution in [1.29, 1.82) is 0 Å². The number of carbonyl (C=O) groups is 2. The number of amides is 3. The molecule has 5 nitrogen and oxygen atoms in total. The largest absolute Gasteiger partial charge is 0.324 e. The third-order valence-corrected chi connectivity index (χ3v) is 5.97. The van der Waals surface area contributed by atoms with Crippen LogP contribution in [-0.4, -0.2) is 29.9 Å². The molecule has 170 valence electrons. The predicted molar refractivity (Wildman–Crippen MR) is 129 cm³/mol. The highest BCUT2D eigenvalue weighted by Gasteiger charge is 2.29. The molecule has 4 rings (SSSR count). The van der Waals surface area contributed by atoms with Crippen molar-refractivity contribution in [3.63, 3.8) is 0 Å². The van der Waals surface area contributed by atoms with Crippen molar-refractivity contribution in [2.24, 2.45) is 0 Å². The third kappa shape index (κ3) is 5.52. The molecule has 0 aliphatic carbocycles. The summed E-state index contributed by atoms with van der Waals surface area (Å²) >= 11 is 6.22. The van der Waals surface area contributed by atoms with Crippen LogP contribution in [0.3, 0.4) is 0 Å². The van der Waals surface area contributed by atoms with Gasteiger partial charge in [-0.05, 0) is 60.4 Å². The molecule has 0 spiro atoms. The van der Waals surface area contributed by atoms with Crippen molar-refractivity contribution in [2.45, 2.75) is 26.3 Å². The fourth-order valence-electron chi connectivity index (χ4n) is 3.98. The molecule has 0 atom stereocenters. The number of hydrogen-bond donors (Lipinski definition) is 1. The van der Waals surface area contributed by atoms with E-state index in [1.54, 1.807) is 9.80 Å². The second-order valence-corrected chi connectivity index (χ2v) is 8.58. The predicted octanol–water partition coefficient (Wildman–Crippen LogP) is 5.80. The maximum absolute atomic E-state index is 13.7. The van der Waals surface area contributed by atoms with E-state index >= 15 is 0 Å². The van der Waals surface area contributed by atoms with Gasteiger partial charge in [0, 0.05) is 24.7 Å². The van der Waals surface area contributed by atoms with Crippen LogP contribution in [0.1, 0.15) is 23.1 Å². The first-order chi connectivity index (χ1) is 15.9. The Hall–Kier alpha value is -3.38. The van der Waals surface area contributed by atoms with Gasteiger partial charge in [-0.2, -0.15) is 0 Å². The fraction of sp³-hybridized carbons (Fsp3) is 0.231. The van der Waals surface area contributed by atoms with E-state index in [0.29, 0.717) is 35.1 Å². The van der Waals surface area contributed by atoms with Crippen LogP contribution < -0.4 is 10.2 Å². The van der Waals surface area contributed by atoms with E-state index in [4.69, 9.17) is 11.6 Å². The van der Waals surface area contributed by atoms with Gasteiger partial charge in [0.2, 0.25) is 5.91 Å². The van der Waals surface area contributed by atoms with Gasteiger partial charge in [-0.25, -0.2) is 9.18 Å². The van der Waals surface area contributed by atoms with E-state index in [-0.39, 0.29) is 24.9 Å². The number of carbonyl (C=O) groups excluding carboxylic acids is 2. The molecule has 0 unspecified atom stereocenters. The lowest BCUT2D eigenvalue weighted by molar-refractivity contribution is -0.115. The summed E-state index contributed by atoms with van der Waals surface area (Å²) in [6, 6.07) is 19.1. The molecule has 0 aromatic heterocycles. The quantitative estimate of drug-likeness (QED) is 0.500. The van der Waals surface area contributed by atoms with Crippen LogP contribution in [-0.2, 0) is 17.8 Å². The van der Waals surface area contributed by atoms with Crippen molar-refractivity contribution < 1.29 is 14.0 Å². The molecule has 33 heavy (non-hydrogen) atoms. The summed E-state index contributed by atoms with van der Waals surface area (Å²) in [5.41, 5.74) is 3.68. The molecule has 1 N–H and O–H groups in total. The van der Waals surface area contributed by atoms with Crippen molar-refractivity contribution >= 4 is 34.9 Å². The van der Waals surface area contributed by atoms with Crippen LogP contribution in [0.15, 0.2) is 66.7 Å². The lowest BCUT2D eigenvalue weighted by Crippen LogP contribution is -2.49. The molecule has 1 saturated heterocycles. The van der Waals surface area contributed by atoms with E-state index in [1.807, 2.05) is 55.5 Å². The molecule has 0 saturated carbocycles. The molecule has 7 heteroatoms. The Labute approximate surface area is 197 Å². The van der Waals surface area contributed by atoms with E-state index in [1.165, 1.54) is 18.2 Å². The molecular formula is C26H25ClFN3O2. The number of aryl methyl sites for hydroxylation is 1. The van der Waals surface area contributed by atoms with Crippen LogP contribution in [0.5, 0.6) is 0 Å². The summed E-state index contributed by atoms with van der Waals surface area (Å²) in [6.07, 6.45) is 0.982. The van der Waals surface area contributed by atoms with Crippen LogP contribution in [0.2, 0.25) is 5.02 Å². The zero-order valence-corrected chi connectivity index (χ0v) is 19.1. The molecule has 0 radical (unpaired) electrons. The van der Waals surface area contributed by atoms with Gasteiger partial charge < -0.3 is 10.2 Å². The average molecular weight is 466 g/mol. The molecule has 3 aromatic rings. The van der Waals surface area contributed by atoms with Gasteiger partial charge in [0.25, 0.3) is 0 Å². The molecule has 0 bridgehead atoms. The number of hydrogen-bond acceptors (Lipinski definition) is 2. The van der Waals surface area contributed by atoms with Gasteiger partial charge in [0.05, 0.1) is 17.8 Å². The highest BCUT2D eigenvalue weighted by molar-refractivity contribution is 6.31. The summed E-state index contributed by atoms with van der Waals surface area (Å²) in [6.45, 7) is 3.22. The second-order valence-electron chi connectivity index (χ2n) is 8.18. The topological polar surface area (TPSA) is 52.6 Å². The normalized spacial score (nSPS) is 13.8. The van der Waals surface area contributed by atoms with E-state index < -0.39 is 5.82 Å². The number of urea groups is 1. The number of halogens is 2. The number of benzene rings is 3. The minimum atomic E-state index is -0.391. The van der Waals surface area contributed by atoms with Crippen LogP contribution in [0.4, 0.5) is 20.6 Å². The fourth-order valence-corrected chi connectivity index (χ4v) is 4.16. The van der Waals surface area contributed by atoms with E-state index in [9.17, 15) is 14.0 Å². The van der Waals surface area contributed by atoms with E-state index in [0.717, 1.165) is 17.5 Å². The third-order valence-electron chi connectivity index (χ3n) is 5.60. The lowest BCUT2D eigenvalue weighted by atomic mass is 10.1. The Morgan fingerprint density at radius 2 is 1.85 bits per heavy atom. The summed E-state index contributed by atoms with van der Waals surface area (Å²) in [5, 5.41) is 3.40. The standard InChI is InChI=1S/C26H25ClFN3O2/c1-18-8-11-24(23(14-18)29-25(32)15-19-6-3-2-4-7-19)31-13-5-12-30(26(31)33)17-20-16-21(28)9-10-22(20)27/h2-4,6-11,14,16H,5,12-13,15,17H2,1H3,(H,29,32). The van der Waals surface area contributed by atoms with Gasteiger partial charge >= 0.3 is 6.03 Å². The van der Waals surface area contributed by atoms with Gasteiger partial charge in [-0.15, -0.1) is 0 Å². The average Bonchev–Trinajstić information content (AvgIpc) is 2.79. The Balaban J connectivity index is 1.54. The SMILES string of the molecule is Cc1ccc(N2CCCN(Cc3cc(F)ccc3Cl)C2=O)c(NC(=O)Cc2ccccc2)c1. The smallest absolute Gasteiger partial charge is 0.324 e. The molecule has 1 aliphatic heterocycles. The minimum Gasteiger partial charge on any atom is -0.324 e. The first kappa shape index (κ1) is 22.8. The molecule has 1 fully saturated rings. The molecular weight excluding hydrogens is 441 g/mol. The first-order valence-corrected chi connectivity index (χ1v) is 11.2. The summed E-state index contributed by atoms with van der Waals surface area (Å²) in [7, 11) is 0. The van der Waals surface area contributed by atoms with Gasteiger partial charge in [-0.1, -0.05) is 48.0 Å². The number of nitrogens with zero attached hydrogens (tertiary/aromatic N) is 2.